The molecular weight excluding hydrogens is 796 g/mol. The Bertz CT molecular complexity index is 1580. The van der Waals surface area contributed by atoms with Gasteiger partial charge in [0, 0.05) is 29.5 Å². The lowest BCUT2D eigenvalue weighted by molar-refractivity contribution is -0.283. The number of carbonyl (C=O) groups excluding carboxylic acids is 3. The number of nitrogens with zero attached hydrogens (tertiary/aromatic N) is 3. The lowest BCUT2D eigenvalue weighted by Gasteiger charge is -2.49. The number of nitrogens with two attached hydrogens (primary N) is 1. The third kappa shape index (κ3) is 10.2. The third-order valence-corrected chi connectivity index (χ3v) is 13.6. The number of carboxylic acids is 1. The molecule has 53 heavy (non-hydrogen) atoms. The van der Waals surface area contributed by atoms with Gasteiger partial charge in [-0.05, 0) is 27.7 Å². The van der Waals surface area contributed by atoms with E-state index in [1.165, 1.54) is 40.2 Å². The van der Waals surface area contributed by atoms with Crippen LogP contribution in [0.2, 0.25) is 0 Å². The predicted octanol–water partition coefficient (Wildman–Crippen LogP) is 2.04. The highest BCUT2D eigenvalue weighted by Crippen LogP contribution is 2.78. The van der Waals surface area contributed by atoms with Crippen molar-refractivity contribution in [1.82, 2.24) is 15.2 Å². The third-order valence-electron chi connectivity index (χ3n) is 6.72. The molecule has 0 bridgehead atoms. The summed E-state index contributed by atoms with van der Waals surface area (Å²) in [5.41, 5.74) is 4.98. The van der Waals surface area contributed by atoms with E-state index in [2.05, 4.69) is 15.5 Å². The van der Waals surface area contributed by atoms with Crippen LogP contribution in [0.15, 0.2) is 21.8 Å². The minimum absolute atomic E-state index is 0.00451. The number of nitrogen functional groups attached to an aromatic ring is 1. The van der Waals surface area contributed by atoms with Crippen LogP contribution in [-0.4, -0.2) is 112 Å². The first-order chi connectivity index (χ1) is 25.2. The molecule has 2 aliphatic heterocycles. The highest BCUT2D eigenvalue weighted by molar-refractivity contribution is 8.00. The molecule has 298 valence electrons. The fourth-order valence-corrected chi connectivity index (χ4v) is 10.1. The second kappa shape index (κ2) is 20.0. The number of aliphatic carboxylic acids is 1. The van der Waals surface area contributed by atoms with Gasteiger partial charge in [-0.3, -0.25) is 28.4 Å². The van der Waals surface area contributed by atoms with Crippen molar-refractivity contribution in [3.63, 3.8) is 0 Å². The Morgan fingerprint density at radius 3 is 2.04 bits per heavy atom. The van der Waals surface area contributed by atoms with Crippen LogP contribution in [-0.2, 0) is 76.1 Å². The van der Waals surface area contributed by atoms with Gasteiger partial charge in [-0.15, -0.1) is 41.8 Å². The zero-order valence-electron chi connectivity index (χ0n) is 28.9. The van der Waals surface area contributed by atoms with Gasteiger partial charge in [0.1, 0.15) is 36.5 Å². The number of anilines is 1. The summed E-state index contributed by atoms with van der Waals surface area (Å²) in [7, 11) is -9.43. The maximum absolute atomic E-state index is 13.9. The molecule has 0 radical (unpaired) electrons. The number of hydrogen-bond acceptors (Lipinski definition) is 22. The number of thiazole rings is 1. The molecule has 3 heterocycles. The highest BCUT2D eigenvalue weighted by Gasteiger charge is 2.68. The summed E-state index contributed by atoms with van der Waals surface area (Å²) >= 11 is 2.11. The molecule has 0 aromatic carbocycles. The molecule has 0 saturated carbocycles. The van der Waals surface area contributed by atoms with Gasteiger partial charge in [0.15, 0.2) is 10.8 Å². The number of nitrogens with one attached hydrogen (secondary N) is 1. The van der Waals surface area contributed by atoms with Gasteiger partial charge in [-0.1, -0.05) is 5.16 Å². The van der Waals surface area contributed by atoms with Crippen molar-refractivity contribution in [2.24, 2.45) is 5.16 Å². The van der Waals surface area contributed by atoms with Gasteiger partial charge >= 0.3 is 27.1 Å². The van der Waals surface area contributed by atoms with Gasteiger partial charge in [-0.2, -0.15) is 0 Å². The van der Waals surface area contributed by atoms with Crippen molar-refractivity contribution in [3.8, 4) is 0 Å². The number of amides is 2. The fraction of sp³-hybridized carbons (Fsp3) is 0.615. The Morgan fingerprint density at radius 1 is 1.04 bits per heavy atom. The van der Waals surface area contributed by atoms with Crippen LogP contribution in [0.25, 0.3) is 0 Å². The van der Waals surface area contributed by atoms with E-state index in [9.17, 15) is 38.5 Å². The van der Waals surface area contributed by atoms with Gasteiger partial charge in [0.2, 0.25) is 0 Å². The van der Waals surface area contributed by atoms with Gasteiger partial charge in [-0.25, -0.2) is 29.3 Å². The molecule has 1 fully saturated rings. The molecule has 1 aromatic heterocycles. The number of β-lactam (4-membered cyclic amide) rings is 1. The molecule has 2 aliphatic rings. The average Bonchev–Trinajstić information content (AvgIpc) is 3.58. The van der Waals surface area contributed by atoms with Crippen molar-refractivity contribution in [2.75, 3.05) is 51.6 Å². The van der Waals surface area contributed by atoms with Gasteiger partial charge in [0.25, 0.3) is 16.9 Å². The van der Waals surface area contributed by atoms with E-state index < -0.39 is 80.6 Å². The first kappa shape index (κ1) is 44.4. The molecule has 0 aliphatic carbocycles. The lowest BCUT2D eigenvalue weighted by atomic mass is 10.0. The standard InChI is InChI=1S/C26H39N5O18P2S2/c1-6-42-46-50(38,47-43-7-2)26(37,51(39,48-44-8-3)49-45-9-4)11-10-17(32)41-12-15-13-52-23-19(22(34)31(23)20(15)24(35)36)29-21(33)18(30-40-5)16-14-53-25(27)28-16/h14,19,23,37H,6-13H2,1-5H3,(H2,27,28)(H,29,33)(H,35,36)/b30-18-/t19?,23-/m0/s1. The van der Waals surface area contributed by atoms with Crippen LogP contribution in [0.4, 0.5) is 5.13 Å². The summed E-state index contributed by atoms with van der Waals surface area (Å²) in [6.07, 6.45) is -2.01. The first-order valence-corrected chi connectivity index (χ1v) is 20.5. The second-order valence-electron chi connectivity index (χ2n) is 10.2. The number of fused-ring (bicyclic) bond motifs is 1. The minimum Gasteiger partial charge on any atom is -0.477 e. The number of rotatable bonds is 24. The Labute approximate surface area is 310 Å². The number of oxime groups is 1. The van der Waals surface area contributed by atoms with Crippen LogP contribution >= 0.6 is 38.3 Å². The second-order valence-corrected chi connectivity index (χ2v) is 16.6. The summed E-state index contributed by atoms with van der Waals surface area (Å²) in [5.74, 6) is -4.37. The normalized spacial score (nSPS) is 18.0. The van der Waals surface area contributed by atoms with E-state index in [0.717, 1.165) is 28.0 Å². The largest absolute Gasteiger partial charge is 0.477 e. The van der Waals surface area contributed by atoms with E-state index in [1.807, 2.05) is 0 Å². The minimum atomic E-state index is -5.32. The SMILES string of the molecule is CCOOP(=O)(OOCC)C(O)(CCC(=O)OCC1=C(C(=O)O)N2C(=O)C(NC(=O)/C(=N\OC)c3csc(N)n3)[C@@H]2SC1)P(=O)(OOCC)OOCC. The topological polar surface area (TPSA) is 302 Å². The molecule has 0 spiro atoms. The monoisotopic (exact) mass is 835 g/mol. The molecular formula is C26H39N5O18P2S2. The maximum atomic E-state index is 13.9. The molecule has 1 saturated heterocycles. The fourth-order valence-electron chi connectivity index (χ4n) is 4.38. The summed E-state index contributed by atoms with van der Waals surface area (Å²) in [5, 5.41) is 25.3. The molecule has 2 atom stereocenters. The van der Waals surface area contributed by atoms with Crippen molar-refractivity contribution in [2.45, 2.75) is 57.0 Å². The molecule has 1 aromatic rings. The number of hydrogen-bond donors (Lipinski definition) is 4. The van der Waals surface area contributed by atoms with Gasteiger partial charge in [0.05, 0.1) is 26.4 Å². The van der Waals surface area contributed by atoms with Crippen molar-refractivity contribution in [3.05, 3.63) is 22.3 Å². The zero-order chi connectivity index (χ0) is 39.4. The van der Waals surface area contributed by atoms with E-state index in [4.69, 9.17) is 53.6 Å². The Balaban J connectivity index is 1.79. The van der Waals surface area contributed by atoms with Crippen molar-refractivity contribution in [1.29, 1.82) is 0 Å². The van der Waals surface area contributed by atoms with Crippen LogP contribution < -0.4 is 11.1 Å². The quantitative estimate of drug-likeness (QED) is 0.0289. The summed E-state index contributed by atoms with van der Waals surface area (Å²) < 4.78 is 52.3. The van der Waals surface area contributed by atoms with E-state index >= 15 is 0 Å². The number of ether oxygens (including phenoxy) is 1. The van der Waals surface area contributed by atoms with Crippen LogP contribution in [0, 0.1) is 0 Å². The molecule has 5 N–H and O–H groups in total. The predicted molar refractivity (Wildman–Crippen MR) is 181 cm³/mol. The summed E-state index contributed by atoms with van der Waals surface area (Å²) in [6, 6.07) is -1.16. The number of carboxylic acid groups (broad SMARTS) is 1. The van der Waals surface area contributed by atoms with Crippen molar-refractivity contribution < 1.29 is 86.3 Å². The molecule has 2 amide bonds. The Kier molecular flexibility index (Phi) is 16.8. The Morgan fingerprint density at radius 2 is 1.58 bits per heavy atom. The molecule has 27 heteroatoms. The first-order valence-electron chi connectivity index (χ1n) is 15.5. The van der Waals surface area contributed by atoms with Gasteiger partial charge < -0.3 is 30.8 Å². The Hall–Kier alpha value is -3.03. The summed E-state index contributed by atoms with van der Waals surface area (Å²) in [4.78, 5) is 80.1. The number of esters is 1. The molecule has 23 nitrogen and oxygen atoms in total. The number of aliphatic hydroxyl groups is 1. The molecule has 1 unspecified atom stereocenters. The smallest absolute Gasteiger partial charge is 0.428 e. The van der Waals surface area contributed by atoms with E-state index in [1.54, 1.807) is 0 Å². The zero-order valence-corrected chi connectivity index (χ0v) is 32.4. The van der Waals surface area contributed by atoms with E-state index in [0.29, 0.717) is 0 Å². The van der Waals surface area contributed by atoms with Crippen molar-refractivity contribution >= 4 is 72.9 Å². The van der Waals surface area contributed by atoms with Crippen LogP contribution in [0.5, 0.6) is 0 Å². The number of aromatic nitrogens is 1. The summed E-state index contributed by atoms with van der Waals surface area (Å²) in [6.45, 7) is 3.99. The number of thioether (sulfide) groups is 1. The van der Waals surface area contributed by atoms with E-state index in [-0.39, 0.29) is 54.3 Å². The maximum Gasteiger partial charge on any atom is 0.428 e. The van der Waals surface area contributed by atoms with Crippen LogP contribution in [0.3, 0.4) is 0 Å². The lowest BCUT2D eigenvalue weighted by Crippen LogP contribution is -2.71. The molecule has 3 rings (SSSR count). The highest BCUT2D eigenvalue weighted by atomic mass is 32.2. The van der Waals surface area contributed by atoms with Crippen LogP contribution in [0.1, 0.15) is 46.2 Å². The number of carbonyl (C=O) groups is 4. The average molecular weight is 836 g/mol.